The molecule has 0 radical (unpaired) electrons. The summed E-state index contributed by atoms with van der Waals surface area (Å²) in [5.41, 5.74) is -0.335. The Labute approximate surface area is 225 Å². The number of aliphatic hydroxyl groups excluding tert-OH is 1. The zero-order chi connectivity index (χ0) is 26.3. The van der Waals surface area contributed by atoms with Gasteiger partial charge in [0.25, 0.3) is 0 Å². The van der Waals surface area contributed by atoms with Crippen molar-refractivity contribution >= 4 is 46.1 Å². The SMILES string of the molecule is C[C@@H]1CC2C3CCC4=CC(=O)C=CC4(C)C3[C@@H](O)CC2(C)[C@@]1(O)C(=O)CSc1nc2ncc(Cl)cc2[nH]1. The zero-order valence-electron chi connectivity index (χ0n) is 21.2. The molecule has 9 heteroatoms. The Bertz CT molecular complexity index is 1370. The Morgan fingerprint density at radius 2 is 2.14 bits per heavy atom. The molecule has 2 aromatic rings. The molecule has 0 saturated heterocycles. The second-order valence-electron chi connectivity index (χ2n) is 11.9. The molecule has 8 atom stereocenters. The number of nitrogens with zero attached hydrogens (tertiary/aromatic N) is 2. The van der Waals surface area contributed by atoms with E-state index in [-0.39, 0.29) is 46.4 Å². The van der Waals surface area contributed by atoms with Crippen molar-refractivity contribution in [2.75, 3.05) is 5.75 Å². The monoisotopic (exact) mass is 541 g/mol. The molecule has 0 amide bonds. The molecule has 5 unspecified atom stereocenters. The molecule has 2 heterocycles. The number of rotatable bonds is 4. The van der Waals surface area contributed by atoms with E-state index < -0.39 is 17.1 Å². The highest BCUT2D eigenvalue weighted by Gasteiger charge is 2.70. The van der Waals surface area contributed by atoms with Crippen LogP contribution in [0.2, 0.25) is 5.02 Å². The highest BCUT2D eigenvalue weighted by Crippen LogP contribution is 2.68. The maximum Gasteiger partial charge on any atom is 0.178 e. The maximum atomic E-state index is 13.8. The van der Waals surface area contributed by atoms with Gasteiger partial charge in [0.15, 0.2) is 22.4 Å². The van der Waals surface area contributed by atoms with Gasteiger partial charge >= 0.3 is 0 Å². The second-order valence-corrected chi connectivity index (χ2v) is 13.3. The first kappa shape index (κ1) is 25.3. The number of hydrogen-bond acceptors (Lipinski definition) is 7. The third kappa shape index (κ3) is 3.55. The van der Waals surface area contributed by atoms with Crippen LogP contribution in [-0.2, 0) is 9.59 Å². The van der Waals surface area contributed by atoms with Crippen LogP contribution >= 0.6 is 23.4 Å². The number of hydrogen-bond donors (Lipinski definition) is 3. The van der Waals surface area contributed by atoms with Gasteiger partial charge < -0.3 is 15.2 Å². The smallest absolute Gasteiger partial charge is 0.178 e. The molecule has 2 aromatic heterocycles. The van der Waals surface area contributed by atoms with Crippen LogP contribution in [0, 0.1) is 34.5 Å². The lowest BCUT2D eigenvalue weighted by molar-refractivity contribution is -0.179. The summed E-state index contributed by atoms with van der Waals surface area (Å²) < 4.78 is 0. The number of carbonyl (C=O) groups excluding carboxylic acids is 2. The number of aromatic amines is 1. The van der Waals surface area contributed by atoms with Gasteiger partial charge in [0.1, 0.15) is 5.60 Å². The quantitative estimate of drug-likeness (QED) is 0.487. The minimum Gasteiger partial charge on any atom is -0.393 e. The number of allylic oxidation sites excluding steroid dienone is 4. The van der Waals surface area contributed by atoms with Crippen LogP contribution in [0.3, 0.4) is 0 Å². The molecular formula is C28H32ClN3O4S. The maximum absolute atomic E-state index is 13.8. The first-order valence-corrected chi connectivity index (χ1v) is 14.4. The minimum absolute atomic E-state index is 0.0105. The number of Topliss-reactive ketones (excluding diaryl/α,β-unsaturated/α-hetero) is 1. The lowest BCUT2D eigenvalue weighted by atomic mass is 9.46. The highest BCUT2D eigenvalue weighted by atomic mass is 35.5. The Morgan fingerprint density at radius 3 is 2.92 bits per heavy atom. The molecule has 4 aliphatic carbocycles. The summed E-state index contributed by atoms with van der Waals surface area (Å²) in [4.78, 5) is 37.6. The Kier molecular flexibility index (Phi) is 5.81. The number of pyridine rings is 1. The van der Waals surface area contributed by atoms with E-state index in [9.17, 15) is 19.8 Å². The molecule has 3 saturated carbocycles. The van der Waals surface area contributed by atoms with Crippen molar-refractivity contribution in [2.45, 2.75) is 63.3 Å². The van der Waals surface area contributed by atoms with Gasteiger partial charge in [0, 0.05) is 22.9 Å². The number of nitrogens with one attached hydrogen (secondary N) is 1. The number of carbonyl (C=O) groups is 2. The number of ketones is 2. The lowest BCUT2D eigenvalue weighted by Gasteiger charge is -2.59. The predicted molar refractivity (Wildman–Crippen MR) is 142 cm³/mol. The largest absolute Gasteiger partial charge is 0.393 e. The molecule has 0 aromatic carbocycles. The van der Waals surface area contributed by atoms with Crippen molar-refractivity contribution in [3.05, 3.63) is 41.1 Å². The zero-order valence-corrected chi connectivity index (χ0v) is 22.8. The van der Waals surface area contributed by atoms with Gasteiger partial charge in [0.2, 0.25) is 0 Å². The van der Waals surface area contributed by atoms with Crippen LogP contribution in [0.15, 0.2) is 41.2 Å². The van der Waals surface area contributed by atoms with E-state index in [2.05, 4.69) is 21.9 Å². The van der Waals surface area contributed by atoms with Gasteiger partial charge in [-0.05, 0) is 61.7 Å². The number of thioether (sulfide) groups is 1. The van der Waals surface area contributed by atoms with E-state index in [1.54, 1.807) is 18.2 Å². The summed E-state index contributed by atoms with van der Waals surface area (Å²) in [5, 5.41) is 24.8. The number of H-pyrrole nitrogens is 1. The van der Waals surface area contributed by atoms with Crippen LogP contribution in [0.1, 0.15) is 46.5 Å². The van der Waals surface area contributed by atoms with Crippen LogP contribution in [-0.4, -0.2) is 54.2 Å². The van der Waals surface area contributed by atoms with Gasteiger partial charge in [0.05, 0.1) is 22.4 Å². The molecule has 0 spiro atoms. The molecule has 3 fully saturated rings. The first-order chi connectivity index (χ1) is 17.5. The predicted octanol–water partition coefficient (Wildman–Crippen LogP) is 4.53. The van der Waals surface area contributed by atoms with Crippen molar-refractivity contribution in [2.24, 2.45) is 34.5 Å². The standard InChI is InChI=1S/C28H32ClN3O4S/c1-14-8-19-18-5-4-15-9-17(33)6-7-26(15,2)23(18)21(34)11-27(19,3)28(14,36)22(35)13-37-25-31-20-10-16(29)12-30-24(20)32-25/h6-7,9-10,12,14,18-19,21,23,34,36H,4-5,8,11,13H2,1-3H3,(H,30,31,32)/t14-,18?,19?,21+,23?,26?,27?,28+/m1/s1. The van der Waals surface area contributed by atoms with Crippen molar-refractivity contribution in [1.82, 2.24) is 15.0 Å². The summed E-state index contributed by atoms with van der Waals surface area (Å²) in [6, 6.07) is 1.74. The van der Waals surface area contributed by atoms with Crippen molar-refractivity contribution in [1.29, 1.82) is 0 Å². The van der Waals surface area contributed by atoms with E-state index in [0.717, 1.165) is 24.8 Å². The Balaban J connectivity index is 1.27. The topological polar surface area (TPSA) is 116 Å². The molecular weight excluding hydrogens is 510 g/mol. The molecule has 0 aliphatic heterocycles. The number of halogens is 1. The fourth-order valence-corrected chi connectivity index (χ4v) is 9.40. The lowest BCUT2D eigenvalue weighted by Crippen LogP contribution is -2.62. The fourth-order valence-electron chi connectivity index (χ4n) is 8.42. The highest BCUT2D eigenvalue weighted by molar-refractivity contribution is 7.99. The number of aliphatic hydroxyl groups is 2. The van der Waals surface area contributed by atoms with Gasteiger partial charge in [-0.1, -0.05) is 55.8 Å². The van der Waals surface area contributed by atoms with E-state index in [0.29, 0.717) is 27.8 Å². The van der Waals surface area contributed by atoms with Gasteiger partial charge in [-0.15, -0.1) is 0 Å². The summed E-state index contributed by atoms with van der Waals surface area (Å²) in [5.74, 6) is -0.145. The van der Waals surface area contributed by atoms with Crippen LogP contribution < -0.4 is 0 Å². The summed E-state index contributed by atoms with van der Waals surface area (Å²) in [7, 11) is 0. The molecule has 37 heavy (non-hydrogen) atoms. The number of aromatic nitrogens is 3. The summed E-state index contributed by atoms with van der Waals surface area (Å²) in [6.45, 7) is 6.10. The average molecular weight is 542 g/mol. The third-order valence-electron chi connectivity index (χ3n) is 10.1. The summed E-state index contributed by atoms with van der Waals surface area (Å²) in [6.07, 6.45) is 8.95. The molecule has 6 rings (SSSR count). The molecule has 196 valence electrons. The van der Waals surface area contributed by atoms with E-state index >= 15 is 0 Å². The fraction of sp³-hybridized carbons (Fsp3) is 0.571. The van der Waals surface area contributed by atoms with E-state index in [4.69, 9.17) is 11.6 Å². The van der Waals surface area contributed by atoms with E-state index in [1.165, 1.54) is 18.0 Å². The second kappa shape index (κ2) is 8.50. The summed E-state index contributed by atoms with van der Waals surface area (Å²) >= 11 is 7.28. The van der Waals surface area contributed by atoms with Crippen LogP contribution in [0.5, 0.6) is 0 Å². The van der Waals surface area contributed by atoms with Gasteiger partial charge in [-0.25, -0.2) is 9.97 Å². The third-order valence-corrected chi connectivity index (χ3v) is 11.2. The van der Waals surface area contributed by atoms with Crippen LogP contribution in [0.25, 0.3) is 11.2 Å². The van der Waals surface area contributed by atoms with Gasteiger partial charge in [-0.2, -0.15) is 0 Å². The number of fused-ring (bicyclic) bond motifs is 6. The number of imidazole rings is 1. The van der Waals surface area contributed by atoms with Crippen LogP contribution in [0.4, 0.5) is 0 Å². The average Bonchev–Trinajstić information content (AvgIpc) is 3.34. The van der Waals surface area contributed by atoms with Gasteiger partial charge in [-0.3, -0.25) is 9.59 Å². The molecule has 0 bridgehead atoms. The van der Waals surface area contributed by atoms with Crippen molar-refractivity contribution < 1.29 is 19.8 Å². The molecule has 7 nitrogen and oxygen atoms in total. The normalized spacial score (nSPS) is 40.8. The molecule has 3 N–H and O–H groups in total. The van der Waals surface area contributed by atoms with Crippen molar-refractivity contribution in [3.8, 4) is 0 Å². The Hall–Kier alpha value is -2.00. The molecule has 4 aliphatic rings. The van der Waals surface area contributed by atoms with Crippen molar-refractivity contribution in [3.63, 3.8) is 0 Å². The first-order valence-electron chi connectivity index (χ1n) is 13.0. The van der Waals surface area contributed by atoms with E-state index in [1.807, 2.05) is 19.9 Å². The minimum atomic E-state index is -1.54. The Morgan fingerprint density at radius 1 is 1.35 bits per heavy atom.